The highest BCUT2D eigenvalue weighted by Gasteiger charge is 2.71. The van der Waals surface area contributed by atoms with Crippen molar-refractivity contribution in [3.63, 3.8) is 0 Å². The summed E-state index contributed by atoms with van der Waals surface area (Å²) in [5.74, 6) is 0.399. The normalized spacial score (nSPS) is 15.1. The van der Waals surface area contributed by atoms with Crippen molar-refractivity contribution >= 4 is 0 Å². The van der Waals surface area contributed by atoms with Gasteiger partial charge in [-0.3, -0.25) is 0 Å². The maximum atomic E-state index is 12.8. The lowest BCUT2D eigenvalue weighted by Gasteiger charge is -2.33. The zero-order chi connectivity index (χ0) is 18.1. The van der Waals surface area contributed by atoms with E-state index in [-0.39, 0.29) is 5.92 Å². The molecule has 0 heterocycles. The summed E-state index contributed by atoms with van der Waals surface area (Å²) in [4.78, 5) is 0. The summed E-state index contributed by atoms with van der Waals surface area (Å²) in [6.07, 6.45) is -10.2. The van der Waals surface area contributed by atoms with E-state index in [0.29, 0.717) is 23.6 Å². The van der Waals surface area contributed by atoms with E-state index in [9.17, 15) is 31.4 Å². The molecule has 1 aromatic rings. The number of aliphatic hydroxyl groups is 1. The molecule has 1 unspecified atom stereocenters. The van der Waals surface area contributed by atoms with Gasteiger partial charge in [-0.15, -0.1) is 0 Å². The van der Waals surface area contributed by atoms with Crippen molar-refractivity contribution in [2.75, 3.05) is 0 Å². The Hall–Kier alpha value is -1.24. The molecule has 0 fully saturated rings. The van der Waals surface area contributed by atoms with Crippen LogP contribution in [0.3, 0.4) is 0 Å². The maximum absolute atomic E-state index is 12.8. The fourth-order valence-corrected chi connectivity index (χ4v) is 2.59. The molecule has 0 bridgehead atoms. The Morgan fingerprint density at radius 3 is 1.65 bits per heavy atom. The van der Waals surface area contributed by atoms with Gasteiger partial charge in [0.15, 0.2) is 0 Å². The number of halogens is 6. The fourth-order valence-electron chi connectivity index (χ4n) is 2.59. The van der Waals surface area contributed by atoms with E-state index in [1.165, 1.54) is 12.1 Å². The average molecular weight is 342 g/mol. The van der Waals surface area contributed by atoms with Gasteiger partial charge in [-0.05, 0) is 30.2 Å². The molecule has 23 heavy (non-hydrogen) atoms. The van der Waals surface area contributed by atoms with Gasteiger partial charge < -0.3 is 5.11 Å². The summed E-state index contributed by atoms with van der Waals surface area (Å²) < 4.78 is 76.9. The van der Waals surface area contributed by atoms with E-state index >= 15 is 0 Å². The molecule has 0 aliphatic rings. The van der Waals surface area contributed by atoms with Crippen LogP contribution in [-0.2, 0) is 5.60 Å². The van der Waals surface area contributed by atoms with Crippen LogP contribution in [0.25, 0.3) is 0 Å². The van der Waals surface area contributed by atoms with Gasteiger partial charge in [-0.2, -0.15) is 26.3 Å². The molecule has 0 radical (unpaired) electrons. The van der Waals surface area contributed by atoms with E-state index in [1.54, 1.807) is 0 Å². The van der Waals surface area contributed by atoms with Crippen LogP contribution in [0, 0.1) is 5.92 Å². The van der Waals surface area contributed by atoms with Crippen LogP contribution in [0.4, 0.5) is 26.3 Å². The molecule has 1 N–H and O–H groups in total. The third-order valence-corrected chi connectivity index (χ3v) is 3.87. The summed E-state index contributed by atoms with van der Waals surface area (Å²) in [7, 11) is 0. The molecule has 0 aliphatic heterocycles. The lowest BCUT2D eigenvalue weighted by molar-refractivity contribution is -0.376. The van der Waals surface area contributed by atoms with Crippen LogP contribution in [0.1, 0.15) is 50.7 Å². The highest BCUT2D eigenvalue weighted by atomic mass is 19.4. The molecule has 1 atom stereocenters. The molecule has 1 nitrogen and oxygen atoms in total. The largest absolute Gasteiger partial charge is 0.430 e. The van der Waals surface area contributed by atoms with Crippen LogP contribution in [0.2, 0.25) is 0 Å². The van der Waals surface area contributed by atoms with Gasteiger partial charge >= 0.3 is 12.4 Å². The third kappa shape index (κ3) is 4.00. The predicted octanol–water partition coefficient (Wildman–Crippen LogP) is 5.54. The van der Waals surface area contributed by atoms with Crippen LogP contribution in [0.5, 0.6) is 0 Å². The monoisotopic (exact) mass is 342 g/mol. The summed E-state index contributed by atoms with van der Waals surface area (Å²) in [5.41, 5.74) is -5.42. The quantitative estimate of drug-likeness (QED) is 0.697. The Balaban J connectivity index is 3.24. The summed E-state index contributed by atoms with van der Waals surface area (Å²) in [5, 5.41) is 9.34. The molecule has 1 rings (SSSR count). The third-order valence-electron chi connectivity index (χ3n) is 3.87. The number of rotatable bonds is 5. The minimum absolute atomic E-state index is 0.0499. The van der Waals surface area contributed by atoms with Crippen LogP contribution in [0.15, 0.2) is 24.3 Å². The Labute approximate surface area is 131 Å². The van der Waals surface area contributed by atoms with Crippen molar-refractivity contribution in [2.45, 2.75) is 57.5 Å². The average Bonchev–Trinajstić information content (AvgIpc) is 2.41. The molecule has 0 aliphatic carbocycles. The van der Waals surface area contributed by atoms with Gasteiger partial charge in [0.25, 0.3) is 5.60 Å². The minimum Gasteiger partial charge on any atom is -0.369 e. The van der Waals surface area contributed by atoms with Gasteiger partial charge in [0.2, 0.25) is 0 Å². The van der Waals surface area contributed by atoms with Crippen molar-refractivity contribution in [1.82, 2.24) is 0 Å². The first-order valence-electron chi connectivity index (χ1n) is 7.30. The first kappa shape index (κ1) is 19.8. The van der Waals surface area contributed by atoms with E-state index in [1.807, 2.05) is 20.8 Å². The van der Waals surface area contributed by atoms with Gasteiger partial charge in [-0.1, -0.05) is 45.0 Å². The molecular weight excluding hydrogens is 322 g/mol. The SMILES string of the molecule is CCC(CC(C)C)c1ccc(C(O)(C(F)(F)F)C(F)(F)F)cc1. The first-order chi connectivity index (χ1) is 10.3. The molecule has 7 heteroatoms. The minimum atomic E-state index is -5.85. The van der Waals surface area contributed by atoms with Gasteiger partial charge in [0.1, 0.15) is 0 Å². The molecule has 0 aromatic heterocycles. The number of hydrogen-bond donors (Lipinski definition) is 1. The van der Waals surface area contributed by atoms with Crippen LogP contribution in [-0.4, -0.2) is 17.5 Å². The van der Waals surface area contributed by atoms with Gasteiger partial charge in [-0.25, -0.2) is 0 Å². The molecule has 0 saturated carbocycles. The van der Waals surface area contributed by atoms with Crippen molar-refractivity contribution in [3.05, 3.63) is 35.4 Å². The Kier molecular flexibility index (Phi) is 5.78. The Morgan fingerprint density at radius 1 is 0.913 bits per heavy atom. The van der Waals surface area contributed by atoms with Crippen molar-refractivity contribution in [2.24, 2.45) is 5.92 Å². The second-order valence-corrected chi connectivity index (χ2v) is 6.06. The second-order valence-electron chi connectivity index (χ2n) is 6.06. The Morgan fingerprint density at radius 2 is 1.35 bits per heavy atom. The van der Waals surface area contributed by atoms with Crippen LogP contribution < -0.4 is 0 Å². The topological polar surface area (TPSA) is 20.2 Å². The van der Waals surface area contributed by atoms with Gasteiger partial charge in [0, 0.05) is 5.56 Å². The lowest BCUT2D eigenvalue weighted by Crippen LogP contribution is -2.53. The van der Waals surface area contributed by atoms with Crippen LogP contribution >= 0.6 is 0 Å². The highest BCUT2D eigenvalue weighted by Crippen LogP contribution is 2.50. The van der Waals surface area contributed by atoms with E-state index in [2.05, 4.69) is 0 Å². The van der Waals surface area contributed by atoms with E-state index in [0.717, 1.165) is 12.8 Å². The summed E-state index contributed by atoms with van der Waals surface area (Å²) in [6, 6.07) is 3.88. The highest BCUT2D eigenvalue weighted by molar-refractivity contribution is 5.31. The zero-order valence-corrected chi connectivity index (χ0v) is 13.1. The predicted molar refractivity (Wildman–Crippen MR) is 74.9 cm³/mol. The Bertz CT molecular complexity index is 487. The number of alkyl halides is 6. The van der Waals surface area contributed by atoms with Crippen molar-refractivity contribution < 1.29 is 31.4 Å². The standard InChI is InChI=1S/C16H20F6O/c1-4-11(9-10(2)3)12-5-7-13(8-6-12)14(23,15(17,18)19)16(20,21)22/h5-8,10-11,23H,4,9H2,1-3H3. The zero-order valence-electron chi connectivity index (χ0n) is 13.1. The van der Waals surface area contributed by atoms with Crippen molar-refractivity contribution in [3.8, 4) is 0 Å². The number of hydrogen-bond acceptors (Lipinski definition) is 1. The summed E-state index contributed by atoms with van der Waals surface area (Å²) in [6.45, 7) is 5.88. The molecule has 0 amide bonds. The maximum Gasteiger partial charge on any atom is 0.430 e. The fraction of sp³-hybridized carbons (Fsp3) is 0.625. The lowest BCUT2D eigenvalue weighted by atomic mass is 9.85. The molecule has 0 saturated heterocycles. The second kappa shape index (κ2) is 6.71. The van der Waals surface area contributed by atoms with Crippen molar-refractivity contribution in [1.29, 1.82) is 0 Å². The molecule has 1 aromatic carbocycles. The first-order valence-corrected chi connectivity index (χ1v) is 7.30. The smallest absolute Gasteiger partial charge is 0.369 e. The van der Waals surface area contributed by atoms with E-state index in [4.69, 9.17) is 0 Å². The van der Waals surface area contributed by atoms with E-state index < -0.39 is 23.5 Å². The molecular formula is C16H20F6O. The number of benzene rings is 1. The summed E-state index contributed by atoms with van der Waals surface area (Å²) >= 11 is 0. The van der Waals surface area contributed by atoms with Gasteiger partial charge in [0.05, 0.1) is 0 Å². The molecule has 132 valence electrons. The molecule has 0 spiro atoms.